The summed E-state index contributed by atoms with van der Waals surface area (Å²) < 4.78 is 58.7. The molecule has 2 heterocycles. The van der Waals surface area contributed by atoms with Gasteiger partial charge in [0.1, 0.15) is 5.82 Å². The Labute approximate surface area is 185 Å². The van der Waals surface area contributed by atoms with Crippen molar-refractivity contribution in [2.24, 2.45) is 0 Å². The van der Waals surface area contributed by atoms with Crippen molar-refractivity contribution in [1.82, 2.24) is 15.2 Å². The molecule has 33 heavy (non-hydrogen) atoms. The number of hydrogen-bond acceptors (Lipinski definition) is 4. The van der Waals surface area contributed by atoms with E-state index in [0.29, 0.717) is 18.9 Å². The SMILES string of the molecule is O=C(NCc1ccnc2ccccc12)N1C(=O)O[C@H](c2cc(F)cc(C(F)(F)F)c2)C12CC2. The number of cyclic esters (lactones) is 1. The highest BCUT2D eigenvalue weighted by Gasteiger charge is 2.66. The molecule has 2 aliphatic rings. The Kier molecular flexibility index (Phi) is 4.77. The fourth-order valence-corrected chi connectivity index (χ4v) is 4.33. The normalized spacial score (nSPS) is 19.1. The highest BCUT2D eigenvalue weighted by Crippen LogP contribution is 2.57. The predicted octanol–water partition coefficient (Wildman–Crippen LogP) is 5.33. The standard InChI is InChI=1S/C23H17F4N3O3/c24-16-10-14(9-15(11-16)23(25,26)27)19-22(6-7-22)30(21(32)33-19)20(31)29-12-13-5-8-28-18-4-2-1-3-17(13)18/h1-5,8-11,19H,6-7,12H2,(H,29,31)/t19-/m1/s1. The number of para-hydroxylation sites is 1. The summed E-state index contributed by atoms with van der Waals surface area (Å²) in [6.07, 6.45) is -4.64. The maximum absolute atomic E-state index is 13.9. The second-order valence-electron chi connectivity index (χ2n) is 8.12. The number of nitrogens with zero attached hydrogens (tertiary/aromatic N) is 2. The van der Waals surface area contributed by atoms with E-state index in [9.17, 15) is 27.2 Å². The fraction of sp³-hybridized carbons (Fsp3) is 0.261. The molecule has 0 unspecified atom stereocenters. The number of aromatic nitrogens is 1. The smallest absolute Gasteiger partial charge is 0.419 e. The monoisotopic (exact) mass is 459 g/mol. The third-order valence-corrected chi connectivity index (χ3v) is 6.02. The molecule has 1 N–H and O–H groups in total. The van der Waals surface area contributed by atoms with Gasteiger partial charge in [0.25, 0.3) is 0 Å². The van der Waals surface area contributed by atoms with Gasteiger partial charge in [-0.25, -0.2) is 18.9 Å². The number of amides is 3. The number of benzene rings is 2. The van der Waals surface area contributed by atoms with Crippen molar-refractivity contribution in [1.29, 1.82) is 0 Å². The molecule has 3 aromatic rings. The van der Waals surface area contributed by atoms with Gasteiger partial charge < -0.3 is 10.1 Å². The number of alkyl halides is 3. The van der Waals surface area contributed by atoms with Crippen molar-refractivity contribution in [3.8, 4) is 0 Å². The molecule has 1 saturated carbocycles. The summed E-state index contributed by atoms with van der Waals surface area (Å²) in [5, 5.41) is 3.52. The molecule has 0 bridgehead atoms. The number of fused-ring (bicyclic) bond motifs is 1. The lowest BCUT2D eigenvalue weighted by Crippen LogP contribution is -2.46. The Balaban J connectivity index is 1.39. The van der Waals surface area contributed by atoms with E-state index < -0.39 is 41.3 Å². The first-order valence-corrected chi connectivity index (χ1v) is 10.2. The van der Waals surface area contributed by atoms with E-state index in [1.54, 1.807) is 12.3 Å². The molecule has 0 radical (unpaired) electrons. The molecule has 1 aliphatic heterocycles. The number of halogens is 4. The van der Waals surface area contributed by atoms with Crippen molar-refractivity contribution >= 4 is 23.0 Å². The van der Waals surface area contributed by atoms with E-state index in [1.165, 1.54) is 0 Å². The lowest BCUT2D eigenvalue weighted by atomic mass is 9.98. The summed E-state index contributed by atoms with van der Waals surface area (Å²) in [6, 6.07) is 10.4. The molecule has 1 saturated heterocycles. The van der Waals surface area contributed by atoms with Crippen LogP contribution >= 0.6 is 0 Å². The Morgan fingerprint density at radius 3 is 2.67 bits per heavy atom. The first kappa shape index (κ1) is 21.2. The van der Waals surface area contributed by atoms with Gasteiger partial charge in [-0.1, -0.05) is 18.2 Å². The van der Waals surface area contributed by atoms with E-state index in [-0.39, 0.29) is 12.1 Å². The van der Waals surface area contributed by atoms with E-state index in [0.717, 1.165) is 33.5 Å². The number of hydrogen-bond donors (Lipinski definition) is 1. The minimum absolute atomic E-state index is 0.102. The number of carbonyl (C=O) groups is 2. The lowest BCUT2D eigenvalue weighted by molar-refractivity contribution is -0.137. The number of nitrogens with one attached hydrogen (secondary N) is 1. The van der Waals surface area contributed by atoms with Gasteiger partial charge in [-0.05, 0) is 54.3 Å². The number of imide groups is 1. The molecule has 2 aromatic carbocycles. The van der Waals surface area contributed by atoms with Crippen molar-refractivity contribution in [3.63, 3.8) is 0 Å². The zero-order chi connectivity index (χ0) is 23.4. The van der Waals surface area contributed by atoms with Crippen LogP contribution in [0.2, 0.25) is 0 Å². The van der Waals surface area contributed by atoms with Crippen LogP contribution in [0.5, 0.6) is 0 Å². The average molecular weight is 459 g/mol. The van der Waals surface area contributed by atoms with Crippen molar-refractivity contribution in [2.75, 3.05) is 0 Å². The van der Waals surface area contributed by atoms with Crippen LogP contribution in [0.4, 0.5) is 27.2 Å². The zero-order valence-corrected chi connectivity index (χ0v) is 17.0. The minimum Gasteiger partial charge on any atom is -0.438 e. The number of ether oxygens (including phenoxy) is 1. The Bertz CT molecular complexity index is 1270. The number of pyridine rings is 1. The molecule has 10 heteroatoms. The van der Waals surface area contributed by atoms with Gasteiger partial charge in [-0.15, -0.1) is 0 Å². The molecule has 170 valence electrons. The Morgan fingerprint density at radius 2 is 1.94 bits per heavy atom. The van der Waals surface area contributed by atoms with Crippen LogP contribution < -0.4 is 5.32 Å². The van der Waals surface area contributed by atoms with E-state index in [4.69, 9.17) is 4.74 Å². The molecule has 5 rings (SSSR count). The van der Waals surface area contributed by atoms with Gasteiger partial charge in [0.2, 0.25) is 0 Å². The molecule has 6 nitrogen and oxygen atoms in total. The van der Waals surface area contributed by atoms with E-state index in [1.807, 2.05) is 24.3 Å². The molecule has 1 spiro atoms. The highest BCUT2D eigenvalue weighted by molar-refractivity contribution is 5.94. The summed E-state index contributed by atoms with van der Waals surface area (Å²) >= 11 is 0. The second kappa shape index (κ2) is 7.43. The first-order valence-electron chi connectivity index (χ1n) is 10.2. The van der Waals surface area contributed by atoms with Gasteiger partial charge in [0.15, 0.2) is 6.10 Å². The topological polar surface area (TPSA) is 71.5 Å². The first-order chi connectivity index (χ1) is 15.7. The molecule has 3 amide bonds. The van der Waals surface area contributed by atoms with Crippen LogP contribution in [-0.2, 0) is 17.5 Å². The van der Waals surface area contributed by atoms with Gasteiger partial charge in [0.05, 0.1) is 16.6 Å². The number of rotatable bonds is 3. The molecule has 1 atom stereocenters. The van der Waals surface area contributed by atoms with Crippen molar-refractivity contribution in [3.05, 3.63) is 77.2 Å². The van der Waals surface area contributed by atoms with Crippen LogP contribution in [0.1, 0.15) is 35.6 Å². The van der Waals surface area contributed by atoms with E-state index in [2.05, 4.69) is 10.3 Å². The summed E-state index contributed by atoms with van der Waals surface area (Å²) in [7, 11) is 0. The second-order valence-corrected chi connectivity index (χ2v) is 8.12. The third kappa shape index (κ3) is 3.65. The molecule has 1 aliphatic carbocycles. The van der Waals surface area contributed by atoms with Gasteiger partial charge in [-0.2, -0.15) is 13.2 Å². The average Bonchev–Trinajstić information content (AvgIpc) is 3.49. The third-order valence-electron chi connectivity index (χ3n) is 6.02. The highest BCUT2D eigenvalue weighted by atomic mass is 19.4. The van der Waals surface area contributed by atoms with Gasteiger partial charge in [0, 0.05) is 18.1 Å². The quantitative estimate of drug-likeness (QED) is 0.538. The van der Waals surface area contributed by atoms with Gasteiger partial charge in [-0.3, -0.25) is 4.98 Å². The lowest BCUT2D eigenvalue weighted by Gasteiger charge is -2.23. The summed E-state index contributed by atoms with van der Waals surface area (Å²) in [6.45, 7) is 0.102. The van der Waals surface area contributed by atoms with Crippen LogP contribution in [-0.4, -0.2) is 27.5 Å². The number of urea groups is 1. The van der Waals surface area contributed by atoms with Crippen LogP contribution in [0, 0.1) is 5.82 Å². The van der Waals surface area contributed by atoms with Crippen LogP contribution in [0.3, 0.4) is 0 Å². The van der Waals surface area contributed by atoms with E-state index >= 15 is 0 Å². The Hall–Kier alpha value is -3.69. The molecular weight excluding hydrogens is 442 g/mol. The molecule has 2 fully saturated rings. The summed E-state index contributed by atoms with van der Waals surface area (Å²) in [4.78, 5) is 30.7. The van der Waals surface area contributed by atoms with Crippen LogP contribution in [0.25, 0.3) is 10.9 Å². The maximum atomic E-state index is 13.9. The van der Waals surface area contributed by atoms with Crippen LogP contribution in [0.15, 0.2) is 54.7 Å². The maximum Gasteiger partial charge on any atom is 0.419 e. The van der Waals surface area contributed by atoms with Crippen molar-refractivity contribution in [2.45, 2.75) is 37.2 Å². The van der Waals surface area contributed by atoms with Gasteiger partial charge >= 0.3 is 18.3 Å². The minimum atomic E-state index is -4.76. The number of carbonyl (C=O) groups excluding carboxylic acids is 2. The largest absolute Gasteiger partial charge is 0.438 e. The fourth-order valence-electron chi connectivity index (χ4n) is 4.33. The summed E-state index contributed by atoms with van der Waals surface area (Å²) in [5.41, 5.74) is -0.934. The predicted molar refractivity (Wildman–Crippen MR) is 108 cm³/mol. The van der Waals surface area contributed by atoms with Crippen molar-refractivity contribution < 1.29 is 31.9 Å². The molecule has 1 aromatic heterocycles. The molecular formula is C23H17F4N3O3. The summed E-state index contributed by atoms with van der Waals surface area (Å²) in [5.74, 6) is -1.10. The zero-order valence-electron chi connectivity index (χ0n) is 17.0. The Morgan fingerprint density at radius 1 is 1.18 bits per heavy atom.